The van der Waals surface area contributed by atoms with Gasteiger partial charge in [0.2, 0.25) is 0 Å². The van der Waals surface area contributed by atoms with E-state index in [-0.39, 0.29) is 5.69 Å². The highest BCUT2D eigenvalue weighted by atomic mass is 16.6. The fourth-order valence-corrected chi connectivity index (χ4v) is 1.55. The minimum atomic E-state index is -0.428. The van der Waals surface area contributed by atoms with Gasteiger partial charge in [-0.2, -0.15) is 0 Å². The number of benzene rings is 1. The van der Waals surface area contributed by atoms with Crippen LogP contribution in [0.4, 0.5) is 5.69 Å². The molecular formula is C11H13N5O2. The van der Waals surface area contributed by atoms with Gasteiger partial charge in [-0.25, -0.2) is 4.68 Å². The topological polar surface area (TPSA) is 77.1 Å². The largest absolute Gasteiger partial charge is 0.303 e. The predicted octanol–water partition coefficient (Wildman–Crippen LogP) is 1.24. The molecule has 0 fully saturated rings. The van der Waals surface area contributed by atoms with E-state index in [0.717, 1.165) is 11.4 Å². The summed E-state index contributed by atoms with van der Waals surface area (Å²) in [5.41, 5.74) is 1.66. The molecule has 2 rings (SSSR count). The number of non-ortho nitro benzene ring substituents is 1. The van der Waals surface area contributed by atoms with E-state index >= 15 is 0 Å². The highest BCUT2D eigenvalue weighted by molar-refractivity contribution is 5.40. The van der Waals surface area contributed by atoms with Gasteiger partial charge in [0.1, 0.15) is 0 Å². The Hall–Kier alpha value is -2.28. The zero-order valence-electron chi connectivity index (χ0n) is 10.1. The molecule has 94 valence electrons. The first kappa shape index (κ1) is 12.2. The molecule has 0 radical (unpaired) electrons. The molecular weight excluding hydrogens is 234 g/mol. The number of nitro benzene ring substituents is 1. The lowest BCUT2D eigenvalue weighted by Gasteiger charge is -2.04. The van der Waals surface area contributed by atoms with Crippen LogP contribution in [0.25, 0.3) is 5.69 Å². The zero-order chi connectivity index (χ0) is 13.1. The first-order chi connectivity index (χ1) is 8.56. The third-order valence-corrected chi connectivity index (χ3v) is 2.34. The SMILES string of the molecule is CN(C)Cc1cn(-c2ccc([N+](=O)[O-])cc2)nn1. The maximum absolute atomic E-state index is 10.5. The Morgan fingerprint density at radius 3 is 2.56 bits per heavy atom. The monoisotopic (exact) mass is 247 g/mol. The number of aromatic nitrogens is 3. The van der Waals surface area contributed by atoms with E-state index in [1.165, 1.54) is 12.1 Å². The number of nitro groups is 1. The van der Waals surface area contributed by atoms with Gasteiger partial charge < -0.3 is 4.90 Å². The van der Waals surface area contributed by atoms with Crippen molar-refractivity contribution in [3.8, 4) is 5.69 Å². The summed E-state index contributed by atoms with van der Waals surface area (Å²) >= 11 is 0. The van der Waals surface area contributed by atoms with Crippen molar-refractivity contribution in [3.63, 3.8) is 0 Å². The van der Waals surface area contributed by atoms with Gasteiger partial charge in [-0.1, -0.05) is 5.21 Å². The van der Waals surface area contributed by atoms with Crippen molar-refractivity contribution < 1.29 is 4.92 Å². The van der Waals surface area contributed by atoms with Gasteiger partial charge in [0.15, 0.2) is 0 Å². The second-order valence-electron chi connectivity index (χ2n) is 4.17. The highest BCUT2D eigenvalue weighted by Gasteiger charge is 2.07. The van der Waals surface area contributed by atoms with Crippen LogP contribution in [0.5, 0.6) is 0 Å². The smallest absolute Gasteiger partial charge is 0.269 e. The van der Waals surface area contributed by atoms with Crippen molar-refractivity contribution in [2.75, 3.05) is 14.1 Å². The molecule has 0 aliphatic carbocycles. The van der Waals surface area contributed by atoms with Crippen molar-refractivity contribution >= 4 is 5.69 Å². The summed E-state index contributed by atoms with van der Waals surface area (Å²) in [6, 6.07) is 6.18. The fourth-order valence-electron chi connectivity index (χ4n) is 1.55. The van der Waals surface area contributed by atoms with Crippen LogP contribution in [0.3, 0.4) is 0 Å². The van der Waals surface area contributed by atoms with E-state index in [1.54, 1.807) is 23.0 Å². The summed E-state index contributed by atoms with van der Waals surface area (Å²) < 4.78 is 1.60. The molecule has 2 aromatic rings. The molecule has 0 aliphatic rings. The first-order valence-corrected chi connectivity index (χ1v) is 5.37. The molecule has 0 N–H and O–H groups in total. The van der Waals surface area contributed by atoms with Crippen molar-refractivity contribution in [1.29, 1.82) is 0 Å². The molecule has 7 heteroatoms. The maximum Gasteiger partial charge on any atom is 0.269 e. The van der Waals surface area contributed by atoms with Crippen molar-refractivity contribution in [2.24, 2.45) is 0 Å². The van der Waals surface area contributed by atoms with E-state index in [4.69, 9.17) is 0 Å². The summed E-state index contributed by atoms with van der Waals surface area (Å²) in [5, 5.41) is 18.6. The number of hydrogen-bond donors (Lipinski definition) is 0. The minimum Gasteiger partial charge on any atom is -0.303 e. The number of hydrogen-bond acceptors (Lipinski definition) is 5. The average Bonchev–Trinajstić information content (AvgIpc) is 2.76. The molecule has 1 aromatic heterocycles. The molecule has 0 aliphatic heterocycles. The van der Waals surface area contributed by atoms with E-state index in [0.29, 0.717) is 6.54 Å². The summed E-state index contributed by atoms with van der Waals surface area (Å²) in [7, 11) is 3.90. The van der Waals surface area contributed by atoms with Crippen molar-refractivity contribution in [3.05, 3.63) is 46.3 Å². The molecule has 0 unspecified atom stereocenters. The zero-order valence-corrected chi connectivity index (χ0v) is 10.1. The Balaban J connectivity index is 2.20. The van der Waals surface area contributed by atoms with Gasteiger partial charge in [-0.05, 0) is 26.2 Å². The summed E-state index contributed by atoms with van der Waals surface area (Å²) in [5.74, 6) is 0. The third kappa shape index (κ3) is 2.69. The molecule has 0 saturated carbocycles. The Morgan fingerprint density at radius 1 is 1.33 bits per heavy atom. The van der Waals surface area contributed by atoms with Crippen LogP contribution in [-0.2, 0) is 6.54 Å². The Morgan fingerprint density at radius 2 is 2.00 bits per heavy atom. The van der Waals surface area contributed by atoms with E-state index < -0.39 is 4.92 Å². The lowest BCUT2D eigenvalue weighted by molar-refractivity contribution is -0.384. The molecule has 0 spiro atoms. The Bertz CT molecular complexity index is 547. The van der Waals surface area contributed by atoms with E-state index in [9.17, 15) is 10.1 Å². The van der Waals surface area contributed by atoms with E-state index in [2.05, 4.69) is 10.3 Å². The van der Waals surface area contributed by atoms with Crippen LogP contribution in [0.2, 0.25) is 0 Å². The van der Waals surface area contributed by atoms with Crippen LogP contribution in [0.1, 0.15) is 5.69 Å². The summed E-state index contributed by atoms with van der Waals surface area (Å²) in [6.07, 6.45) is 1.81. The lowest BCUT2D eigenvalue weighted by atomic mass is 10.3. The third-order valence-electron chi connectivity index (χ3n) is 2.34. The van der Waals surface area contributed by atoms with Gasteiger partial charge in [0, 0.05) is 18.7 Å². The molecule has 0 saturated heterocycles. The van der Waals surface area contributed by atoms with Gasteiger partial charge in [-0.15, -0.1) is 5.10 Å². The quantitative estimate of drug-likeness (QED) is 0.600. The van der Waals surface area contributed by atoms with Gasteiger partial charge >= 0.3 is 0 Å². The number of nitrogens with zero attached hydrogens (tertiary/aromatic N) is 5. The molecule has 7 nitrogen and oxygen atoms in total. The first-order valence-electron chi connectivity index (χ1n) is 5.37. The van der Waals surface area contributed by atoms with Crippen LogP contribution >= 0.6 is 0 Å². The van der Waals surface area contributed by atoms with Crippen LogP contribution in [0.15, 0.2) is 30.5 Å². The molecule has 1 aromatic carbocycles. The molecule has 0 bridgehead atoms. The molecule has 0 atom stereocenters. The van der Waals surface area contributed by atoms with Gasteiger partial charge in [0.05, 0.1) is 22.5 Å². The average molecular weight is 247 g/mol. The normalized spacial score (nSPS) is 10.8. The van der Waals surface area contributed by atoms with Crippen molar-refractivity contribution in [1.82, 2.24) is 19.9 Å². The van der Waals surface area contributed by atoms with Crippen LogP contribution in [-0.4, -0.2) is 38.9 Å². The lowest BCUT2D eigenvalue weighted by Crippen LogP contribution is -2.10. The molecule has 0 amide bonds. The highest BCUT2D eigenvalue weighted by Crippen LogP contribution is 2.14. The van der Waals surface area contributed by atoms with Gasteiger partial charge in [-0.3, -0.25) is 10.1 Å². The second kappa shape index (κ2) is 4.92. The molecule has 1 heterocycles. The van der Waals surface area contributed by atoms with Gasteiger partial charge in [0.25, 0.3) is 5.69 Å². The molecule has 18 heavy (non-hydrogen) atoms. The summed E-state index contributed by atoms with van der Waals surface area (Å²) in [4.78, 5) is 12.1. The van der Waals surface area contributed by atoms with E-state index in [1.807, 2.05) is 19.0 Å². The Kier molecular flexibility index (Phi) is 3.33. The second-order valence-corrected chi connectivity index (χ2v) is 4.17. The van der Waals surface area contributed by atoms with Crippen LogP contribution < -0.4 is 0 Å². The fraction of sp³-hybridized carbons (Fsp3) is 0.273. The minimum absolute atomic E-state index is 0.0624. The maximum atomic E-state index is 10.5. The standard InChI is InChI=1S/C11H13N5O2/c1-14(2)7-9-8-15(13-12-9)10-3-5-11(6-4-10)16(17)18/h3-6,8H,7H2,1-2H3. The Labute approximate surface area is 104 Å². The van der Waals surface area contributed by atoms with Crippen molar-refractivity contribution in [2.45, 2.75) is 6.54 Å². The number of rotatable bonds is 4. The van der Waals surface area contributed by atoms with Crippen LogP contribution in [0, 0.1) is 10.1 Å². The predicted molar refractivity (Wildman–Crippen MR) is 65.4 cm³/mol. The summed E-state index contributed by atoms with van der Waals surface area (Å²) in [6.45, 7) is 0.701.